The molecule has 1 saturated heterocycles. The van der Waals surface area contributed by atoms with Crippen molar-refractivity contribution >= 4 is 5.96 Å². The van der Waals surface area contributed by atoms with Crippen LogP contribution >= 0.6 is 0 Å². The zero-order valence-corrected chi connectivity index (χ0v) is 18.7. The fourth-order valence-corrected chi connectivity index (χ4v) is 3.45. The van der Waals surface area contributed by atoms with Gasteiger partial charge in [-0.1, -0.05) is 6.92 Å². The lowest BCUT2D eigenvalue weighted by atomic mass is 10.1. The second-order valence-electron chi connectivity index (χ2n) is 7.55. The fraction of sp³-hybridized carbons (Fsp3) is 0.667. The second-order valence-corrected chi connectivity index (χ2v) is 7.55. The molecular weight excluding hydrogens is 370 g/mol. The number of piperazine rings is 1. The number of benzene rings is 1. The molecule has 1 aromatic rings. The van der Waals surface area contributed by atoms with Gasteiger partial charge in [0.05, 0.1) is 21.3 Å². The number of ether oxygens (including phenoxy) is 3. The van der Waals surface area contributed by atoms with E-state index in [0.29, 0.717) is 29.7 Å². The predicted octanol–water partition coefficient (Wildman–Crippen LogP) is 1.26. The van der Waals surface area contributed by atoms with E-state index >= 15 is 0 Å². The summed E-state index contributed by atoms with van der Waals surface area (Å²) in [4.78, 5) is 9.26. The van der Waals surface area contributed by atoms with E-state index in [4.69, 9.17) is 14.2 Å². The number of nitrogens with one attached hydrogen (secondary N) is 2. The Morgan fingerprint density at radius 2 is 1.66 bits per heavy atom. The average molecular weight is 408 g/mol. The standard InChI is InChI=1S/C21H37N5O3/c1-16(15-26-9-7-25(3)8-10-26)13-23-21(22-2)24-14-17-11-18(27-4)20(29-6)19(12-17)28-5/h11-12,16H,7-10,13-15H2,1-6H3,(H2,22,23,24). The molecule has 0 saturated carbocycles. The van der Waals surface area contributed by atoms with Crippen molar-refractivity contribution in [1.29, 1.82) is 0 Å². The van der Waals surface area contributed by atoms with Crippen LogP contribution in [0.2, 0.25) is 0 Å². The van der Waals surface area contributed by atoms with Crippen molar-refractivity contribution in [2.75, 3.05) is 74.7 Å². The Morgan fingerprint density at radius 1 is 1.03 bits per heavy atom. The van der Waals surface area contributed by atoms with Crippen LogP contribution in [0.5, 0.6) is 17.2 Å². The summed E-state index contributed by atoms with van der Waals surface area (Å²) >= 11 is 0. The SMILES string of the molecule is CN=C(NCc1cc(OC)c(OC)c(OC)c1)NCC(C)CN1CCN(C)CC1. The summed E-state index contributed by atoms with van der Waals surface area (Å²) in [5.74, 6) is 3.21. The highest BCUT2D eigenvalue weighted by atomic mass is 16.5. The van der Waals surface area contributed by atoms with E-state index in [9.17, 15) is 0 Å². The zero-order chi connectivity index (χ0) is 21.2. The zero-order valence-electron chi connectivity index (χ0n) is 18.7. The number of rotatable bonds is 9. The third kappa shape index (κ3) is 6.97. The van der Waals surface area contributed by atoms with Gasteiger partial charge < -0.3 is 34.6 Å². The minimum absolute atomic E-state index is 0.540. The van der Waals surface area contributed by atoms with Crippen molar-refractivity contribution in [3.63, 3.8) is 0 Å². The first kappa shape index (κ1) is 23.1. The highest BCUT2D eigenvalue weighted by molar-refractivity contribution is 5.79. The van der Waals surface area contributed by atoms with Crippen LogP contribution in [0.4, 0.5) is 0 Å². The number of hydrogen-bond acceptors (Lipinski definition) is 6. The van der Waals surface area contributed by atoms with E-state index in [-0.39, 0.29) is 0 Å². The van der Waals surface area contributed by atoms with Gasteiger partial charge in [-0.05, 0) is 30.7 Å². The van der Waals surface area contributed by atoms with E-state index < -0.39 is 0 Å². The molecular formula is C21H37N5O3. The summed E-state index contributed by atoms with van der Waals surface area (Å²) in [7, 11) is 8.82. The number of methoxy groups -OCH3 is 3. The van der Waals surface area contributed by atoms with Gasteiger partial charge >= 0.3 is 0 Å². The van der Waals surface area contributed by atoms with E-state index in [0.717, 1.165) is 50.8 Å². The second kappa shape index (κ2) is 11.7. The largest absolute Gasteiger partial charge is 0.493 e. The summed E-state index contributed by atoms with van der Waals surface area (Å²) in [6.07, 6.45) is 0. The van der Waals surface area contributed by atoms with Gasteiger partial charge in [0.2, 0.25) is 5.75 Å². The molecule has 0 aliphatic carbocycles. The van der Waals surface area contributed by atoms with Crippen molar-refractivity contribution in [3.8, 4) is 17.2 Å². The molecule has 1 aromatic carbocycles. The Kier molecular flexibility index (Phi) is 9.34. The van der Waals surface area contributed by atoms with Crippen LogP contribution in [-0.4, -0.2) is 90.5 Å². The van der Waals surface area contributed by atoms with Crippen molar-refractivity contribution in [2.24, 2.45) is 10.9 Å². The molecule has 2 rings (SSSR count). The third-order valence-corrected chi connectivity index (χ3v) is 5.19. The molecule has 0 amide bonds. The van der Waals surface area contributed by atoms with Gasteiger partial charge in [0, 0.05) is 52.9 Å². The average Bonchev–Trinajstić information content (AvgIpc) is 2.74. The molecule has 164 valence electrons. The Balaban J connectivity index is 1.84. The Hall–Kier alpha value is -2.19. The lowest BCUT2D eigenvalue weighted by Crippen LogP contribution is -2.47. The van der Waals surface area contributed by atoms with Crippen molar-refractivity contribution in [2.45, 2.75) is 13.5 Å². The minimum atomic E-state index is 0.540. The monoisotopic (exact) mass is 407 g/mol. The molecule has 29 heavy (non-hydrogen) atoms. The summed E-state index contributed by atoms with van der Waals surface area (Å²) in [6, 6.07) is 3.88. The number of hydrogen-bond donors (Lipinski definition) is 2. The quantitative estimate of drug-likeness (QED) is 0.472. The van der Waals surface area contributed by atoms with Crippen LogP contribution in [0, 0.1) is 5.92 Å². The van der Waals surface area contributed by atoms with Crippen LogP contribution < -0.4 is 24.8 Å². The van der Waals surface area contributed by atoms with Gasteiger partial charge in [-0.25, -0.2) is 0 Å². The van der Waals surface area contributed by atoms with Crippen LogP contribution in [-0.2, 0) is 6.54 Å². The molecule has 0 aromatic heterocycles. The number of nitrogens with zero attached hydrogens (tertiary/aromatic N) is 3. The maximum Gasteiger partial charge on any atom is 0.203 e. The highest BCUT2D eigenvalue weighted by Gasteiger charge is 2.16. The van der Waals surface area contributed by atoms with Gasteiger partial charge in [-0.2, -0.15) is 0 Å². The van der Waals surface area contributed by atoms with Crippen molar-refractivity contribution in [1.82, 2.24) is 20.4 Å². The highest BCUT2D eigenvalue weighted by Crippen LogP contribution is 2.38. The molecule has 1 fully saturated rings. The molecule has 0 bridgehead atoms. The topological polar surface area (TPSA) is 70.6 Å². The lowest BCUT2D eigenvalue weighted by molar-refractivity contribution is 0.139. The van der Waals surface area contributed by atoms with Gasteiger partial charge in [-0.3, -0.25) is 4.99 Å². The number of guanidine groups is 1. The lowest BCUT2D eigenvalue weighted by Gasteiger charge is -2.34. The smallest absolute Gasteiger partial charge is 0.203 e. The van der Waals surface area contributed by atoms with Gasteiger partial charge in [0.1, 0.15) is 0 Å². The number of aliphatic imine (C=N–C) groups is 1. The number of likely N-dealkylation sites (N-methyl/N-ethyl adjacent to an activating group) is 1. The molecule has 8 nitrogen and oxygen atoms in total. The van der Waals surface area contributed by atoms with E-state index in [1.54, 1.807) is 28.4 Å². The Bertz CT molecular complexity index is 635. The molecule has 8 heteroatoms. The fourth-order valence-electron chi connectivity index (χ4n) is 3.45. The summed E-state index contributed by atoms with van der Waals surface area (Å²) in [5, 5.41) is 6.79. The van der Waals surface area contributed by atoms with Gasteiger partial charge in [0.15, 0.2) is 17.5 Å². The van der Waals surface area contributed by atoms with Crippen LogP contribution in [0.3, 0.4) is 0 Å². The normalized spacial score (nSPS) is 17.0. The molecule has 0 radical (unpaired) electrons. The maximum atomic E-state index is 5.42. The molecule has 1 unspecified atom stereocenters. The van der Waals surface area contributed by atoms with Crippen LogP contribution in [0.1, 0.15) is 12.5 Å². The first-order valence-corrected chi connectivity index (χ1v) is 10.1. The van der Waals surface area contributed by atoms with Crippen molar-refractivity contribution in [3.05, 3.63) is 17.7 Å². The first-order valence-electron chi connectivity index (χ1n) is 10.1. The summed E-state index contributed by atoms with van der Waals surface area (Å²) < 4.78 is 16.2. The van der Waals surface area contributed by atoms with Crippen molar-refractivity contribution < 1.29 is 14.2 Å². The molecule has 1 aliphatic heterocycles. The summed E-state index contributed by atoms with van der Waals surface area (Å²) in [6.45, 7) is 9.45. The van der Waals surface area contributed by atoms with Crippen LogP contribution in [0.25, 0.3) is 0 Å². The van der Waals surface area contributed by atoms with Gasteiger partial charge in [-0.15, -0.1) is 0 Å². The van der Waals surface area contributed by atoms with Crippen LogP contribution in [0.15, 0.2) is 17.1 Å². The molecule has 0 spiro atoms. The predicted molar refractivity (Wildman–Crippen MR) is 117 cm³/mol. The molecule has 1 aliphatic rings. The molecule has 2 N–H and O–H groups in total. The Morgan fingerprint density at radius 3 is 2.17 bits per heavy atom. The van der Waals surface area contributed by atoms with E-state index in [1.807, 2.05) is 12.1 Å². The first-order chi connectivity index (χ1) is 14.0. The molecule has 1 atom stereocenters. The van der Waals surface area contributed by atoms with E-state index in [2.05, 4.69) is 39.4 Å². The maximum absolute atomic E-state index is 5.42. The third-order valence-electron chi connectivity index (χ3n) is 5.19. The van der Waals surface area contributed by atoms with E-state index in [1.165, 1.54) is 0 Å². The molecule has 1 heterocycles. The minimum Gasteiger partial charge on any atom is -0.493 e. The summed E-state index contributed by atoms with van der Waals surface area (Å²) in [5.41, 5.74) is 1.02. The van der Waals surface area contributed by atoms with Gasteiger partial charge in [0.25, 0.3) is 0 Å². The Labute approximate surface area is 175 Å².